The van der Waals surface area contributed by atoms with Crippen LogP contribution in [0.3, 0.4) is 0 Å². The predicted molar refractivity (Wildman–Crippen MR) is 58.9 cm³/mol. The maximum Gasteiger partial charge on any atom is 0.0491 e. The first-order valence-electron chi connectivity index (χ1n) is 3.22. The SMILES string of the molecule is C=C(C)c1ccc(I)cc1Cl. The maximum absolute atomic E-state index is 5.96. The Kier molecular flexibility index (Phi) is 2.96. The van der Waals surface area contributed by atoms with Gasteiger partial charge in [0.2, 0.25) is 0 Å². The molecule has 58 valence electrons. The molecule has 0 fully saturated rings. The molecule has 0 radical (unpaired) electrons. The van der Waals surface area contributed by atoms with Crippen LogP contribution in [0, 0.1) is 3.57 Å². The molecule has 11 heavy (non-hydrogen) atoms. The molecular weight excluding hydrogens is 270 g/mol. The summed E-state index contributed by atoms with van der Waals surface area (Å²) in [5, 5.41) is 0.782. The van der Waals surface area contributed by atoms with Gasteiger partial charge in [-0.3, -0.25) is 0 Å². The lowest BCUT2D eigenvalue weighted by Gasteiger charge is -2.02. The predicted octanol–water partition coefficient (Wildman–Crippen LogP) is 3.98. The van der Waals surface area contributed by atoms with Gasteiger partial charge in [-0.05, 0) is 52.8 Å². The van der Waals surface area contributed by atoms with Gasteiger partial charge in [0.05, 0.1) is 0 Å². The van der Waals surface area contributed by atoms with E-state index in [2.05, 4.69) is 29.2 Å². The lowest BCUT2D eigenvalue weighted by Crippen LogP contribution is -1.80. The summed E-state index contributed by atoms with van der Waals surface area (Å²) in [6.07, 6.45) is 0. The Hall–Kier alpha value is -0.0200. The van der Waals surface area contributed by atoms with Crippen molar-refractivity contribution in [2.75, 3.05) is 0 Å². The highest BCUT2D eigenvalue weighted by molar-refractivity contribution is 14.1. The molecule has 0 atom stereocenters. The molecule has 0 amide bonds. The van der Waals surface area contributed by atoms with Crippen molar-refractivity contribution in [3.63, 3.8) is 0 Å². The van der Waals surface area contributed by atoms with E-state index in [0.29, 0.717) is 0 Å². The average Bonchev–Trinajstić information content (AvgIpc) is 1.85. The molecule has 0 aromatic heterocycles. The third-order valence-corrected chi connectivity index (χ3v) is 2.37. The van der Waals surface area contributed by atoms with Gasteiger partial charge < -0.3 is 0 Å². The van der Waals surface area contributed by atoms with Crippen molar-refractivity contribution in [2.24, 2.45) is 0 Å². The van der Waals surface area contributed by atoms with Gasteiger partial charge in [0.15, 0.2) is 0 Å². The Bertz CT molecular complexity index is 292. The minimum Gasteiger partial charge on any atom is -0.0955 e. The molecule has 0 saturated carbocycles. The summed E-state index contributed by atoms with van der Waals surface area (Å²) in [4.78, 5) is 0. The van der Waals surface area contributed by atoms with Crippen molar-refractivity contribution in [1.82, 2.24) is 0 Å². The normalized spacial score (nSPS) is 9.73. The summed E-state index contributed by atoms with van der Waals surface area (Å²) >= 11 is 8.19. The Morgan fingerprint density at radius 3 is 2.64 bits per heavy atom. The quantitative estimate of drug-likeness (QED) is 0.682. The Morgan fingerprint density at radius 1 is 1.55 bits per heavy atom. The number of halogens is 2. The van der Waals surface area contributed by atoms with Crippen LogP contribution in [0.2, 0.25) is 5.02 Å². The molecule has 0 aliphatic carbocycles. The summed E-state index contributed by atoms with van der Waals surface area (Å²) in [7, 11) is 0. The Balaban J connectivity index is 3.20. The fraction of sp³-hybridized carbons (Fsp3) is 0.111. The van der Waals surface area contributed by atoms with E-state index in [1.54, 1.807) is 0 Å². The summed E-state index contributed by atoms with van der Waals surface area (Å²) in [5.74, 6) is 0. The standard InChI is InChI=1S/C9H8ClI/c1-6(2)8-4-3-7(11)5-9(8)10/h3-5H,1H2,2H3. The van der Waals surface area contributed by atoms with Gasteiger partial charge in [0.25, 0.3) is 0 Å². The van der Waals surface area contributed by atoms with E-state index in [1.165, 1.54) is 0 Å². The van der Waals surface area contributed by atoms with E-state index in [9.17, 15) is 0 Å². The highest BCUT2D eigenvalue weighted by Crippen LogP contribution is 2.24. The fourth-order valence-corrected chi connectivity index (χ4v) is 1.85. The largest absolute Gasteiger partial charge is 0.0955 e. The Labute approximate surface area is 85.4 Å². The topological polar surface area (TPSA) is 0 Å². The molecule has 0 bridgehead atoms. The molecule has 0 nitrogen and oxygen atoms in total. The fourth-order valence-electron chi connectivity index (χ4n) is 0.836. The molecule has 1 rings (SSSR count). The van der Waals surface area contributed by atoms with Crippen molar-refractivity contribution in [1.29, 1.82) is 0 Å². The Morgan fingerprint density at radius 2 is 2.18 bits per heavy atom. The van der Waals surface area contributed by atoms with Crippen molar-refractivity contribution in [2.45, 2.75) is 6.92 Å². The maximum atomic E-state index is 5.96. The van der Waals surface area contributed by atoms with Crippen LogP contribution in [-0.4, -0.2) is 0 Å². The summed E-state index contributed by atoms with van der Waals surface area (Å²) < 4.78 is 1.15. The third kappa shape index (κ3) is 2.20. The smallest absolute Gasteiger partial charge is 0.0491 e. The van der Waals surface area contributed by atoms with Crippen molar-refractivity contribution in [3.05, 3.63) is 38.9 Å². The summed E-state index contributed by atoms with van der Waals surface area (Å²) in [6, 6.07) is 5.95. The van der Waals surface area contributed by atoms with Crippen LogP contribution in [0.15, 0.2) is 24.8 Å². The van der Waals surface area contributed by atoms with Crippen LogP contribution in [0.4, 0.5) is 0 Å². The molecule has 0 unspecified atom stereocenters. The lowest BCUT2D eigenvalue weighted by atomic mass is 10.1. The number of benzene rings is 1. The number of rotatable bonds is 1. The molecular formula is C9H8ClI. The second-order valence-corrected chi connectivity index (χ2v) is 4.06. The third-order valence-electron chi connectivity index (χ3n) is 1.39. The zero-order valence-electron chi connectivity index (χ0n) is 6.20. The molecule has 0 N–H and O–H groups in total. The number of hydrogen-bond acceptors (Lipinski definition) is 0. The summed E-state index contributed by atoms with van der Waals surface area (Å²) in [6.45, 7) is 5.78. The second-order valence-electron chi connectivity index (χ2n) is 2.40. The second kappa shape index (κ2) is 3.59. The molecule has 1 aromatic carbocycles. The number of allylic oxidation sites excluding steroid dienone is 1. The summed E-state index contributed by atoms with van der Waals surface area (Å²) in [5.41, 5.74) is 2.04. The van der Waals surface area contributed by atoms with E-state index in [1.807, 2.05) is 25.1 Å². The monoisotopic (exact) mass is 278 g/mol. The first kappa shape index (κ1) is 9.07. The van der Waals surface area contributed by atoms with Gasteiger partial charge in [-0.15, -0.1) is 0 Å². The molecule has 2 heteroatoms. The van der Waals surface area contributed by atoms with Crippen molar-refractivity contribution < 1.29 is 0 Å². The highest BCUT2D eigenvalue weighted by Gasteiger charge is 1.99. The van der Waals surface area contributed by atoms with E-state index in [4.69, 9.17) is 11.6 Å². The van der Waals surface area contributed by atoms with Crippen LogP contribution >= 0.6 is 34.2 Å². The van der Waals surface area contributed by atoms with Gasteiger partial charge in [-0.2, -0.15) is 0 Å². The van der Waals surface area contributed by atoms with Gasteiger partial charge >= 0.3 is 0 Å². The molecule has 0 saturated heterocycles. The zero-order valence-corrected chi connectivity index (χ0v) is 9.11. The number of hydrogen-bond donors (Lipinski definition) is 0. The average molecular weight is 279 g/mol. The first-order valence-corrected chi connectivity index (χ1v) is 4.68. The molecule has 0 aliphatic rings. The minimum absolute atomic E-state index is 0.782. The lowest BCUT2D eigenvalue weighted by molar-refractivity contribution is 1.55. The van der Waals surface area contributed by atoms with Crippen LogP contribution in [-0.2, 0) is 0 Å². The van der Waals surface area contributed by atoms with Gasteiger partial charge in [-0.25, -0.2) is 0 Å². The van der Waals surface area contributed by atoms with E-state index in [-0.39, 0.29) is 0 Å². The van der Waals surface area contributed by atoms with E-state index in [0.717, 1.165) is 19.7 Å². The van der Waals surface area contributed by atoms with Crippen molar-refractivity contribution in [3.8, 4) is 0 Å². The zero-order chi connectivity index (χ0) is 8.43. The van der Waals surface area contributed by atoms with Crippen LogP contribution in [0.5, 0.6) is 0 Å². The van der Waals surface area contributed by atoms with Crippen LogP contribution < -0.4 is 0 Å². The highest BCUT2D eigenvalue weighted by atomic mass is 127. The molecule has 1 aromatic rings. The first-order chi connectivity index (χ1) is 5.11. The molecule has 0 spiro atoms. The molecule has 0 heterocycles. The van der Waals surface area contributed by atoms with Crippen LogP contribution in [0.25, 0.3) is 5.57 Å². The van der Waals surface area contributed by atoms with Gasteiger partial charge in [0, 0.05) is 8.59 Å². The van der Waals surface area contributed by atoms with Gasteiger partial charge in [-0.1, -0.05) is 24.2 Å². The molecule has 0 aliphatic heterocycles. The van der Waals surface area contributed by atoms with E-state index < -0.39 is 0 Å². The van der Waals surface area contributed by atoms with Gasteiger partial charge in [0.1, 0.15) is 0 Å². The van der Waals surface area contributed by atoms with Crippen LogP contribution in [0.1, 0.15) is 12.5 Å². The minimum atomic E-state index is 0.782. The van der Waals surface area contributed by atoms with Crippen molar-refractivity contribution >= 4 is 39.8 Å². The van der Waals surface area contributed by atoms with E-state index >= 15 is 0 Å².